The number of nitrogens with zero attached hydrogens (tertiary/aromatic N) is 1. The van der Waals surface area contributed by atoms with Crippen LogP contribution in [0.2, 0.25) is 0 Å². The van der Waals surface area contributed by atoms with Gasteiger partial charge in [0.25, 0.3) is 0 Å². The molecule has 2 unspecified atom stereocenters. The highest BCUT2D eigenvalue weighted by Gasteiger charge is 2.40. The second-order valence-electron chi connectivity index (χ2n) is 7.78. The Hall–Kier alpha value is -2.40. The van der Waals surface area contributed by atoms with Crippen LogP contribution in [-0.2, 0) is 9.59 Å². The summed E-state index contributed by atoms with van der Waals surface area (Å²) in [5.74, 6) is 0.362. The van der Waals surface area contributed by atoms with Crippen molar-refractivity contribution in [1.29, 1.82) is 0 Å². The van der Waals surface area contributed by atoms with Crippen LogP contribution >= 0.6 is 0 Å². The molecule has 0 aliphatic carbocycles. The van der Waals surface area contributed by atoms with E-state index < -0.39 is 0 Å². The van der Waals surface area contributed by atoms with Crippen molar-refractivity contribution in [2.45, 2.75) is 64.3 Å². The number of aliphatic hydroxyl groups excluding tert-OH is 1. The van der Waals surface area contributed by atoms with Crippen molar-refractivity contribution in [3.63, 3.8) is 0 Å². The molecule has 0 radical (unpaired) electrons. The summed E-state index contributed by atoms with van der Waals surface area (Å²) in [5.41, 5.74) is 1.03. The Labute approximate surface area is 172 Å². The second-order valence-corrected chi connectivity index (χ2v) is 7.78. The summed E-state index contributed by atoms with van der Waals surface area (Å²) in [5, 5.41) is 11.8. The average Bonchev–Trinajstić information content (AvgIpc) is 3.04. The quantitative estimate of drug-likeness (QED) is 0.387. The number of benzene rings is 2. The highest BCUT2D eigenvalue weighted by Crippen LogP contribution is 2.40. The van der Waals surface area contributed by atoms with Gasteiger partial charge in [0, 0.05) is 30.7 Å². The van der Waals surface area contributed by atoms with Gasteiger partial charge in [0.1, 0.15) is 5.75 Å². The van der Waals surface area contributed by atoms with Crippen molar-refractivity contribution < 1.29 is 19.4 Å². The smallest absolute Gasteiger partial charge is 0.311 e. The van der Waals surface area contributed by atoms with Crippen molar-refractivity contribution in [1.82, 2.24) is 4.90 Å². The lowest BCUT2D eigenvalue weighted by Gasteiger charge is -2.27. The van der Waals surface area contributed by atoms with Crippen LogP contribution in [0.5, 0.6) is 5.75 Å². The van der Waals surface area contributed by atoms with Crippen LogP contribution in [0.1, 0.15) is 63.9 Å². The summed E-state index contributed by atoms with van der Waals surface area (Å²) in [6.45, 7) is 4.74. The number of rotatable bonds is 9. The van der Waals surface area contributed by atoms with Crippen molar-refractivity contribution in [2.75, 3.05) is 13.2 Å². The summed E-state index contributed by atoms with van der Waals surface area (Å²) in [4.78, 5) is 26.6. The van der Waals surface area contributed by atoms with Gasteiger partial charge in [0.05, 0.1) is 12.6 Å². The van der Waals surface area contributed by atoms with Crippen molar-refractivity contribution in [3.05, 3.63) is 42.0 Å². The van der Waals surface area contributed by atoms with E-state index in [1.807, 2.05) is 43.3 Å². The Morgan fingerprint density at radius 2 is 1.86 bits per heavy atom. The number of fused-ring (bicyclic) bond motifs is 1. The third-order valence-electron chi connectivity index (χ3n) is 5.76. The van der Waals surface area contributed by atoms with E-state index in [-0.39, 0.29) is 30.4 Å². The first kappa shape index (κ1) is 21.3. The minimum Gasteiger partial charge on any atom is -0.426 e. The molecule has 2 aromatic carbocycles. The standard InChI is InChI=1S/C24H31NO4/c1-3-5-6-11-24(28)29-22-13-12-18(17-9-7-8-10-19(17)22)20-15-23(27)25(14-4-2)21(20)16-26/h7-10,12-13,20-21,26H,3-6,11,14-16H2,1-2H3. The Morgan fingerprint density at radius 3 is 2.55 bits per heavy atom. The third kappa shape index (κ3) is 4.61. The predicted octanol–water partition coefficient (Wildman–Crippen LogP) is 4.41. The maximum Gasteiger partial charge on any atom is 0.311 e. The molecule has 1 heterocycles. The fourth-order valence-corrected chi connectivity index (χ4v) is 4.32. The molecule has 0 aromatic heterocycles. The molecular weight excluding hydrogens is 366 g/mol. The van der Waals surface area contributed by atoms with E-state index in [0.29, 0.717) is 25.1 Å². The molecule has 0 spiro atoms. The van der Waals surface area contributed by atoms with Crippen LogP contribution in [0, 0.1) is 0 Å². The minimum absolute atomic E-state index is 0.0566. The first-order valence-corrected chi connectivity index (χ1v) is 10.7. The highest BCUT2D eigenvalue weighted by molar-refractivity contribution is 5.94. The van der Waals surface area contributed by atoms with Crippen LogP contribution in [0.3, 0.4) is 0 Å². The van der Waals surface area contributed by atoms with Crippen LogP contribution < -0.4 is 4.74 Å². The van der Waals surface area contributed by atoms with Gasteiger partial charge in [0.15, 0.2) is 0 Å². The highest BCUT2D eigenvalue weighted by atomic mass is 16.5. The summed E-state index contributed by atoms with van der Waals surface area (Å²) in [7, 11) is 0. The van der Waals surface area contributed by atoms with Gasteiger partial charge < -0.3 is 14.7 Å². The van der Waals surface area contributed by atoms with Crippen molar-refractivity contribution in [2.24, 2.45) is 0 Å². The summed E-state index contributed by atoms with van der Waals surface area (Å²) < 4.78 is 5.66. The van der Waals surface area contributed by atoms with E-state index in [9.17, 15) is 14.7 Å². The van der Waals surface area contributed by atoms with Crippen molar-refractivity contribution >= 4 is 22.6 Å². The number of hydrogen-bond donors (Lipinski definition) is 1. The zero-order valence-electron chi connectivity index (χ0n) is 17.4. The molecule has 1 saturated heterocycles. The molecule has 1 amide bonds. The maximum atomic E-state index is 12.5. The first-order valence-electron chi connectivity index (χ1n) is 10.7. The molecule has 2 aromatic rings. The number of carbonyl (C=O) groups excluding carboxylic acids is 2. The summed E-state index contributed by atoms with van der Waals surface area (Å²) >= 11 is 0. The average molecular weight is 398 g/mol. The lowest BCUT2D eigenvalue weighted by molar-refractivity contribution is -0.134. The van der Waals surface area contributed by atoms with Gasteiger partial charge in [-0.3, -0.25) is 9.59 Å². The van der Waals surface area contributed by atoms with Crippen LogP contribution in [0.4, 0.5) is 0 Å². The lowest BCUT2D eigenvalue weighted by Crippen LogP contribution is -2.38. The number of hydrogen-bond acceptors (Lipinski definition) is 4. The molecular formula is C24H31NO4. The summed E-state index contributed by atoms with van der Waals surface area (Å²) in [6.07, 6.45) is 4.59. The van der Waals surface area contributed by atoms with Gasteiger partial charge in [0.2, 0.25) is 5.91 Å². The molecule has 1 aliphatic heterocycles. The molecule has 0 saturated carbocycles. The Balaban J connectivity index is 1.91. The second kappa shape index (κ2) is 9.88. The van der Waals surface area contributed by atoms with Crippen LogP contribution in [0.25, 0.3) is 10.8 Å². The van der Waals surface area contributed by atoms with E-state index in [2.05, 4.69) is 6.92 Å². The van der Waals surface area contributed by atoms with Crippen LogP contribution in [0.15, 0.2) is 36.4 Å². The molecule has 29 heavy (non-hydrogen) atoms. The van der Waals surface area contributed by atoms with E-state index in [1.165, 1.54) is 0 Å². The third-order valence-corrected chi connectivity index (χ3v) is 5.76. The Morgan fingerprint density at radius 1 is 1.10 bits per heavy atom. The molecule has 1 aliphatic rings. The number of carbonyl (C=O) groups is 2. The fourth-order valence-electron chi connectivity index (χ4n) is 4.32. The lowest BCUT2D eigenvalue weighted by atomic mass is 9.88. The first-order chi connectivity index (χ1) is 14.1. The van der Waals surface area contributed by atoms with E-state index in [4.69, 9.17) is 4.74 Å². The largest absolute Gasteiger partial charge is 0.426 e. The van der Waals surface area contributed by atoms with Crippen molar-refractivity contribution in [3.8, 4) is 5.75 Å². The number of ether oxygens (including phenoxy) is 1. The molecule has 1 fully saturated rings. The number of aliphatic hydroxyl groups is 1. The normalized spacial score (nSPS) is 19.1. The minimum atomic E-state index is -0.215. The van der Waals surface area contributed by atoms with Gasteiger partial charge >= 0.3 is 5.97 Å². The molecule has 3 rings (SSSR count). The van der Waals surface area contributed by atoms with Gasteiger partial charge in [-0.1, -0.05) is 57.0 Å². The fraction of sp³-hybridized carbons (Fsp3) is 0.500. The molecule has 2 atom stereocenters. The van der Waals surface area contributed by atoms with E-state index in [1.54, 1.807) is 4.90 Å². The van der Waals surface area contributed by atoms with Crippen LogP contribution in [-0.4, -0.2) is 41.1 Å². The maximum absolute atomic E-state index is 12.5. The van der Waals surface area contributed by atoms with Gasteiger partial charge in [-0.15, -0.1) is 0 Å². The van der Waals surface area contributed by atoms with E-state index >= 15 is 0 Å². The molecule has 0 bridgehead atoms. The number of unbranched alkanes of at least 4 members (excludes halogenated alkanes) is 2. The Bertz CT molecular complexity index is 863. The molecule has 5 heteroatoms. The summed E-state index contributed by atoms with van der Waals surface area (Å²) in [6, 6.07) is 11.4. The van der Waals surface area contributed by atoms with Gasteiger partial charge in [-0.2, -0.15) is 0 Å². The SMILES string of the molecule is CCCCCC(=O)Oc1ccc(C2CC(=O)N(CCC)C2CO)c2ccccc12. The topological polar surface area (TPSA) is 66.8 Å². The molecule has 5 nitrogen and oxygen atoms in total. The van der Waals surface area contributed by atoms with Gasteiger partial charge in [-0.25, -0.2) is 0 Å². The zero-order chi connectivity index (χ0) is 20.8. The molecule has 1 N–H and O–H groups in total. The number of esters is 1. The monoisotopic (exact) mass is 397 g/mol. The molecule has 156 valence electrons. The van der Waals surface area contributed by atoms with Gasteiger partial charge in [-0.05, 0) is 29.9 Å². The van der Waals surface area contributed by atoms with E-state index in [0.717, 1.165) is 42.0 Å². The number of amides is 1. The predicted molar refractivity (Wildman–Crippen MR) is 114 cm³/mol. The Kier molecular flexibility index (Phi) is 7.26. The number of likely N-dealkylation sites (tertiary alicyclic amines) is 1. The zero-order valence-corrected chi connectivity index (χ0v) is 17.4.